The van der Waals surface area contributed by atoms with Gasteiger partial charge in [-0.15, -0.1) is 0 Å². The summed E-state index contributed by atoms with van der Waals surface area (Å²) < 4.78 is 13.7. The van der Waals surface area contributed by atoms with Gasteiger partial charge in [-0.25, -0.2) is 4.39 Å². The average molecular weight is 292 g/mol. The number of halogens is 1. The molecule has 1 aliphatic rings. The molecule has 0 bridgehead atoms. The van der Waals surface area contributed by atoms with E-state index in [1.165, 1.54) is 6.07 Å². The van der Waals surface area contributed by atoms with Gasteiger partial charge in [0, 0.05) is 25.0 Å². The molecule has 2 rings (SSSR count). The van der Waals surface area contributed by atoms with E-state index in [2.05, 4.69) is 12.2 Å². The molecule has 2 atom stereocenters. The first-order valence-electron chi connectivity index (χ1n) is 7.88. The maximum Gasteiger partial charge on any atom is 0.226 e. The van der Waals surface area contributed by atoms with Crippen molar-refractivity contribution >= 4 is 5.91 Å². The summed E-state index contributed by atoms with van der Waals surface area (Å²) in [5.41, 5.74) is 0.624. The molecular formula is C17H25FN2O. The summed E-state index contributed by atoms with van der Waals surface area (Å²) in [5, 5.41) is 3.31. The molecule has 2 unspecified atom stereocenters. The molecule has 3 nitrogen and oxygen atoms in total. The van der Waals surface area contributed by atoms with Crippen molar-refractivity contribution in [1.82, 2.24) is 10.2 Å². The van der Waals surface area contributed by atoms with E-state index in [0.29, 0.717) is 18.0 Å². The zero-order valence-electron chi connectivity index (χ0n) is 12.9. The van der Waals surface area contributed by atoms with Crippen molar-refractivity contribution in [2.45, 2.75) is 39.2 Å². The van der Waals surface area contributed by atoms with Gasteiger partial charge in [-0.2, -0.15) is 0 Å². The van der Waals surface area contributed by atoms with Crippen molar-refractivity contribution in [1.29, 1.82) is 0 Å². The van der Waals surface area contributed by atoms with Crippen LogP contribution in [0.25, 0.3) is 0 Å². The Morgan fingerprint density at radius 3 is 2.86 bits per heavy atom. The van der Waals surface area contributed by atoms with Gasteiger partial charge in [-0.3, -0.25) is 4.79 Å². The van der Waals surface area contributed by atoms with Gasteiger partial charge in [0.1, 0.15) is 5.82 Å². The van der Waals surface area contributed by atoms with Crippen LogP contribution in [0.3, 0.4) is 0 Å². The van der Waals surface area contributed by atoms with Crippen LogP contribution in [0.5, 0.6) is 0 Å². The molecule has 21 heavy (non-hydrogen) atoms. The fourth-order valence-electron chi connectivity index (χ4n) is 2.98. The van der Waals surface area contributed by atoms with Crippen LogP contribution in [-0.4, -0.2) is 36.5 Å². The highest BCUT2D eigenvalue weighted by molar-refractivity contribution is 5.79. The smallest absolute Gasteiger partial charge is 0.226 e. The molecule has 0 aromatic heterocycles. The molecule has 1 aromatic rings. The average Bonchev–Trinajstić information content (AvgIpc) is 3.00. The lowest BCUT2D eigenvalue weighted by atomic mass is 9.98. The van der Waals surface area contributed by atoms with Crippen LogP contribution in [0.2, 0.25) is 0 Å². The van der Waals surface area contributed by atoms with Crippen molar-refractivity contribution in [3.05, 3.63) is 35.6 Å². The zero-order valence-corrected chi connectivity index (χ0v) is 12.9. The minimum Gasteiger partial charge on any atom is -0.338 e. The Balaban J connectivity index is 2.03. The minimum atomic E-state index is -0.221. The van der Waals surface area contributed by atoms with E-state index in [0.717, 1.165) is 32.5 Å². The highest BCUT2D eigenvalue weighted by Crippen LogP contribution is 2.18. The van der Waals surface area contributed by atoms with Crippen molar-refractivity contribution < 1.29 is 9.18 Å². The number of rotatable bonds is 6. The zero-order chi connectivity index (χ0) is 15.2. The number of nitrogens with zero attached hydrogens (tertiary/aromatic N) is 1. The molecule has 0 saturated carbocycles. The van der Waals surface area contributed by atoms with Crippen LogP contribution in [0, 0.1) is 11.7 Å². The third-order valence-electron chi connectivity index (χ3n) is 4.13. The second-order valence-electron chi connectivity index (χ2n) is 5.87. The predicted molar refractivity (Wildman–Crippen MR) is 82.5 cm³/mol. The van der Waals surface area contributed by atoms with Crippen molar-refractivity contribution in [3.63, 3.8) is 0 Å². The Morgan fingerprint density at radius 1 is 1.48 bits per heavy atom. The van der Waals surface area contributed by atoms with Crippen LogP contribution in [0.1, 0.15) is 32.3 Å². The molecular weight excluding hydrogens is 267 g/mol. The lowest BCUT2D eigenvalue weighted by Gasteiger charge is -2.31. The number of amides is 1. The highest BCUT2D eigenvalue weighted by Gasteiger charge is 2.29. The van der Waals surface area contributed by atoms with Gasteiger partial charge in [-0.1, -0.05) is 32.0 Å². The summed E-state index contributed by atoms with van der Waals surface area (Å²) in [6.07, 6.45) is 2.43. The molecule has 0 aliphatic carbocycles. The van der Waals surface area contributed by atoms with Gasteiger partial charge in [0.05, 0.1) is 0 Å². The first-order chi connectivity index (χ1) is 10.1. The standard InChI is InChI=1S/C17H25FN2O/c1-3-10-20(15-8-9-19-12-15)17(21)13(2)11-14-6-4-5-7-16(14)18/h4-7,13,15,19H,3,8-12H2,1-2H3. The fourth-order valence-corrected chi connectivity index (χ4v) is 2.98. The van der Waals surface area contributed by atoms with Gasteiger partial charge in [0.2, 0.25) is 5.91 Å². The Morgan fingerprint density at radius 2 is 2.24 bits per heavy atom. The third kappa shape index (κ3) is 4.03. The second-order valence-corrected chi connectivity index (χ2v) is 5.87. The topological polar surface area (TPSA) is 32.3 Å². The molecule has 1 aromatic carbocycles. The number of hydrogen-bond donors (Lipinski definition) is 1. The lowest BCUT2D eigenvalue weighted by molar-refractivity contribution is -0.137. The van der Waals surface area contributed by atoms with E-state index in [4.69, 9.17) is 0 Å². The Hall–Kier alpha value is -1.42. The number of carbonyl (C=O) groups is 1. The van der Waals surface area contributed by atoms with E-state index >= 15 is 0 Å². The molecule has 1 amide bonds. The molecule has 4 heteroatoms. The van der Waals surface area contributed by atoms with Crippen LogP contribution in [0.15, 0.2) is 24.3 Å². The van der Waals surface area contributed by atoms with Crippen LogP contribution in [-0.2, 0) is 11.2 Å². The first kappa shape index (κ1) is 16.0. The number of hydrogen-bond acceptors (Lipinski definition) is 2. The largest absolute Gasteiger partial charge is 0.338 e. The summed E-state index contributed by atoms with van der Waals surface area (Å²) in [6.45, 7) is 6.62. The highest BCUT2D eigenvalue weighted by atomic mass is 19.1. The first-order valence-corrected chi connectivity index (χ1v) is 7.88. The molecule has 1 fully saturated rings. The summed E-state index contributed by atoms with van der Waals surface area (Å²) in [7, 11) is 0. The summed E-state index contributed by atoms with van der Waals surface area (Å²) >= 11 is 0. The summed E-state index contributed by atoms with van der Waals surface area (Å²) in [6, 6.07) is 7.01. The van der Waals surface area contributed by atoms with E-state index in [1.807, 2.05) is 17.9 Å². The van der Waals surface area contributed by atoms with Crippen LogP contribution < -0.4 is 5.32 Å². The predicted octanol–water partition coefficient (Wildman–Crippen LogP) is 2.60. The van der Waals surface area contributed by atoms with E-state index < -0.39 is 0 Å². The van der Waals surface area contributed by atoms with Crippen molar-refractivity contribution in [3.8, 4) is 0 Å². The SMILES string of the molecule is CCCN(C(=O)C(C)Cc1ccccc1F)C1CCNC1. The van der Waals surface area contributed by atoms with Gasteiger partial charge < -0.3 is 10.2 Å². The maximum absolute atomic E-state index is 13.7. The molecule has 1 N–H and O–H groups in total. The Labute approximate surface area is 126 Å². The van der Waals surface area contributed by atoms with Crippen LogP contribution >= 0.6 is 0 Å². The molecule has 0 spiro atoms. The molecule has 1 heterocycles. The fraction of sp³-hybridized carbons (Fsp3) is 0.588. The van der Waals surface area contributed by atoms with Crippen molar-refractivity contribution in [2.75, 3.05) is 19.6 Å². The monoisotopic (exact) mass is 292 g/mol. The Kier molecular flexibility index (Phi) is 5.74. The number of nitrogens with one attached hydrogen (secondary N) is 1. The van der Waals surface area contributed by atoms with Crippen molar-refractivity contribution in [2.24, 2.45) is 5.92 Å². The lowest BCUT2D eigenvalue weighted by Crippen LogP contribution is -2.45. The molecule has 1 saturated heterocycles. The normalized spacial score (nSPS) is 19.5. The van der Waals surface area contributed by atoms with Gasteiger partial charge >= 0.3 is 0 Å². The van der Waals surface area contributed by atoms with Gasteiger partial charge in [0.25, 0.3) is 0 Å². The number of carbonyl (C=O) groups excluding carboxylic acids is 1. The Bertz CT molecular complexity index is 472. The molecule has 0 radical (unpaired) electrons. The second kappa shape index (κ2) is 7.55. The summed E-state index contributed by atoms with van der Waals surface area (Å²) in [5.74, 6) is -0.260. The quantitative estimate of drug-likeness (QED) is 0.874. The van der Waals surface area contributed by atoms with E-state index in [1.54, 1.807) is 12.1 Å². The number of benzene rings is 1. The molecule has 1 aliphatic heterocycles. The minimum absolute atomic E-state index is 0.147. The van der Waals surface area contributed by atoms with Gasteiger partial charge in [0.15, 0.2) is 0 Å². The third-order valence-corrected chi connectivity index (χ3v) is 4.13. The van der Waals surface area contributed by atoms with E-state index in [9.17, 15) is 9.18 Å². The van der Waals surface area contributed by atoms with Crippen LogP contribution in [0.4, 0.5) is 4.39 Å². The van der Waals surface area contributed by atoms with Gasteiger partial charge in [-0.05, 0) is 37.4 Å². The van der Waals surface area contributed by atoms with E-state index in [-0.39, 0.29) is 17.6 Å². The summed E-state index contributed by atoms with van der Waals surface area (Å²) in [4.78, 5) is 14.7. The maximum atomic E-state index is 13.7. The molecule has 116 valence electrons.